The number of rotatable bonds is 23. The summed E-state index contributed by atoms with van der Waals surface area (Å²) in [6, 6.07) is -0.187. The van der Waals surface area contributed by atoms with Crippen molar-refractivity contribution in [3.8, 4) is 0 Å². The average molecular weight is 578 g/mol. The molecule has 1 heterocycles. The Morgan fingerprint density at radius 1 is 0.750 bits per heavy atom. The van der Waals surface area contributed by atoms with Gasteiger partial charge in [0.1, 0.15) is 24.4 Å². The van der Waals surface area contributed by atoms with Crippen molar-refractivity contribution in [3.63, 3.8) is 0 Å². The molecule has 0 radical (unpaired) electrons. The maximum absolute atomic E-state index is 11.0. The summed E-state index contributed by atoms with van der Waals surface area (Å²) in [6.45, 7) is 4.41. The van der Waals surface area contributed by atoms with Crippen LogP contribution in [0.1, 0.15) is 124 Å². The van der Waals surface area contributed by atoms with Gasteiger partial charge >= 0.3 is 0 Å². The molecule has 0 aromatic carbocycles. The van der Waals surface area contributed by atoms with Crippen LogP contribution in [0.2, 0.25) is 0 Å². The Hall–Kier alpha value is -0.850. The van der Waals surface area contributed by atoms with Crippen LogP contribution in [0.4, 0.5) is 0 Å². The predicted octanol–water partition coefficient (Wildman–Crippen LogP) is 2.68. The van der Waals surface area contributed by atoms with E-state index < -0.39 is 55.6 Å². The summed E-state index contributed by atoms with van der Waals surface area (Å²) in [6.07, 6.45) is 9.15. The first kappa shape index (κ1) is 37.2. The van der Waals surface area contributed by atoms with Gasteiger partial charge in [0.15, 0.2) is 6.29 Å². The number of carbonyl (C=O) groups is 1. The van der Waals surface area contributed by atoms with Gasteiger partial charge in [-0.05, 0) is 26.7 Å². The normalized spacial score (nSPS) is 26.3. The Labute approximate surface area is 241 Å². The number of ether oxygens (including phenoxy) is 2. The molecule has 9 unspecified atom stereocenters. The second-order valence-electron chi connectivity index (χ2n) is 11.7. The second kappa shape index (κ2) is 21.8. The van der Waals surface area contributed by atoms with Crippen LogP contribution in [0.5, 0.6) is 0 Å². The Morgan fingerprint density at radius 2 is 1.20 bits per heavy atom. The molecule has 1 saturated heterocycles. The van der Waals surface area contributed by atoms with Gasteiger partial charge in [0, 0.05) is 6.92 Å². The Balaban J connectivity index is 1.99. The van der Waals surface area contributed by atoms with Crippen molar-refractivity contribution in [2.45, 2.75) is 179 Å². The van der Waals surface area contributed by atoms with Gasteiger partial charge in [0.25, 0.3) is 0 Å². The van der Waals surface area contributed by atoms with E-state index in [4.69, 9.17) is 9.47 Å². The van der Waals surface area contributed by atoms with Gasteiger partial charge in [-0.25, -0.2) is 0 Å². The highest BCUT2D eigenvalue weighted by Crippen LogP contribution is 2.25. The van der Waals surface area contributed by atoms with Crippen molar-refractivity contribution >= 4 is 5.91 Å². The van der Waals surface area contributed by atoms with E-state index in [1.807, 2.05) is 6.92 Å². The number of amides is 1. The molecular weight excluding hydrogens is 518 g/mol. The fourth-order valence-corrected chi connectivity index (χ4v) is 5.26. The molecule has 10 nitrogen and oxygen atoms in total. The third kappa shape index (κ3) is 15.4. The number of nitrogens with one attached hydrogen (secondary N) is 1. The van der Waals surface area contributed by atoms with Gasteiger partial charge in [-0.15, -0.1) is 0 Å². The molecule has 10 heteroatoms. The zero-order valence-corrected chi connectivity index (χ0v) is 25.1. The third-order valence-electron chi connectivity index (χ3n) is 7.94. The highest BCUT2D eigenvalue weighted by molar-refractivity contribution is 5.73. The van der Waals surface area contributed by atoms with E-state index in [2.05, 4.69) is 5.32 Å². The van der Waals surface area contributed by atoms with E-state index in [-0.39, 0.29) is 11.9 Å². The van der Waals surface area contributed by atoms with E-state index >= 15 is 0 Å². The number of unbranched alkanes of at least 4 members (excludes halogenated alkanes) is 13. The number of hydrogen-bond donors (Lipinski definition) is 7. The molecule has 7 N–H and O–H groups in total. The van der Waals surface area contributed by atoms with Gasteiger partial charge in [-0.2, -0.15) is 0 Å². The van der Waals surface area contributed by atoms with Crippen LogP contribution >= 0.6 is 0 Å². The van der Waals surface area contributed by atoms with Crippen molar-refractivity contribution in [1.29, 1.82) is 0 Å². The lowest BCUT2D eigenvalue weighted by molar-refractivity contribution is -0.317. The monoisotopic (exact) mass is 577 g/mol. The number of carbonyl (C=O) groups excluding carboxylic acids is 1. The van der Waals surface area contributed by atoms with Crippen LogP contribution in [-0.4, -0.2) is 98.2 Å². The molecule has 0 saturated carbocycles. The lowest BCUT2D eigenvalue weighted by Gasteiger charge is -2.41. The molecule has 0 bridgehead atoms. The minimum atomic E-state index is -1.49. The van der Waals surface area contributed by atoms with Gasteiger partial charge in [0.2, 0.25) is 5.91 Å². The van der Waals surface area contributed by atoms with Gasteiger partial charge in [0.05, 0.1) is 31.0 Å². The Bertz CT molecular complexity index is 636. The molecule has 0 spiro atoms. The quantitative estimate of drug-likeness (QED) is 0.0903. The van der Waals surface area contributed by atoms with E-state index in [1.165, 1.54) is 64.7 Å². The zero-order chi connectivity index (χ0) is 29.9. The van der Waals surface area contributed by atoms with Crippen LogP contribution in [0.15, 0.2) is 0 Å². The Morgan fingerprint density at radius 3 is 1.62 bits per heavy atom. The highest BCUT2D eigenvalue weighted by Gasteiger charge is 2.45. The predicted molar refractivity (Wildman–Crippen MR) is 153 cm³/mol. The van der Waals surface area contributed by atoms with Crippen LogP contribution in [0.3, 0.4) is 0 Å². The fraction of sp³-hybridized carbons (Fsp3) is 0.967. The summed E-state index contributed by atoms with van der Waals surface area (Å²) >= 11 is 0. The van der Waals surface area contributed by atoms with Crippen molar-refractivity contribution in [1.82, 2.24) is 5.32 Å². The minimum absolute atomic E-state index is 0.102. The molecule has 1 rings (SSSR count). The van der Waals surface area contributed by atoms with Gasteiger partial charge < -0.3 is 45.4 Å². The highest BCUT2D eigenvalue weighted by atomic mass is 16.7. The number of hydrogen-bond acceptors (Lipinski definition) is 9. The molecule has 1 fully saturated rings. The van der Waals surface area contributed by atoms with Crippen molar-refractivity contribution in [3.05, 3.63) is 0 Å². The summed E-state index contributed by atoms with van der Waals surface area (Å²) in [7, 11) is 0. The molecular formula is C30H59NO9. The molecule has 0 aromatic heterocycles. The summed E-state index contributed by atoms with van der Waals surface area (Å²) in [5.74, 6) is -0.102. The molecule has 0 aliphatic carbocycles. The summed E-state index contributed by atoms with van der Waals surface area (Å²) in [5.41, 5.74) is 0. The first-order chi connectivity index (χ1) is 19.1. The van der Waals surface area contributed by atoms with Crippen LogP contribution in [0, 0.1) is 0 Å². The van der Waals surface area contributed by atoms with Crippen molar-refractivity contribution < 1.29 is 44.9 Å². The fourth-order valence-electron chi connectivity index (χ4n) is 5.26. The molecule has 1 amide bonds. The smallest absolute Gasteiger partial charge is 0.217 e. The van der Waals surface area contributed by atoms with E-state index in [0.29, 0.717) is 6.42 Å². The third-order valence-corrected chi connectivity index (χ3v) is 7.94. The standard InChI is InChI=1S/C30H59NO9/c1-21(31-23(3)34)24(35)18-16-14-12-10-8-6-4-5-7-9-11-13-15-17-19-25(22(2)33)39-30-29(38)28(37)27(36)26(20-32)40-30/h21-22,24-30,32-33,35-38H,4-20H2,1-3H3,(H,31,34). The van der Waals surface area contributed by atoms with Crippen LogP contribution < -0.4 is 5.32 Å². The Kier molecular flexibility index (Phi) is 20.3. The van der Waals surface area contributed by atoms with Crippen LogP contribution in [-0.2, 0) is 14.3 Å². The summed E-state index contributed by atoms with van der Waals surface area (Å²) in [5, 5.41) is 62.2. The molecule has 9 atom stereocenters. The maximum Gasteiger partial charge on any atom is 0.217 e. The minimum Gasteiger partial charge on any atom is -0.394 e. The summed E-state index contributed by atoms with van der Waals surface area (Å²) in [4.78, 5) is 11.0. The van der Waals surface area contributed by atoms with E-state index in [1.54, 1.807) is 6.92 Å². The zero-order valence-electron chi connectivity index (χ0n) is 25.1. The second-order valence-corrected chi connectivity index (χ2v) is 11.7. The largest absolute Gasteiger partial charge is 0.394 e. The maximum atomic E-state index is 11.0. The molecule has 1 aliphatic heterocycles. The van der Waals surface area contributed by atoms with Gasteiger partial charge in [-0.1, -0.05) is 89.9 Å². The van der Waals surface area contributed by atoms with E-state index in [0.717, 1.165) is 38.5 Å². The first-order valence-electron chi connectivity index (χ1n) is 15.7. The molecule has 238 valence electrons. The van der Waals surface area contributed by atoms with Crippen LogP contribution in [0.25, 0.3) is 0 Å². The molecule has 0 aromatic rings. The lowest BCUT2D eigenvalue weighted by Crippen LogP contribution is -2.60. The average Bonchev–Trinajstić information content (AvgIpc) is 2.91. The topological polar surface area (TPSA) is 169 Å². The van der Waals surface area contributed by atoms with E-state index in [9.17, 15) is 35.4 Å². The number of aliphatic hydroxyl groups is 6. The molecule has 1 aliphatic rings. The van der Waals surface area contributed by atoms with Crippen molar-refractivity contribution in [2.24, 2.45) is 0 Å². The summed E-state index contributed by atoms with van der Waals surface area (Å²) < 4.78 is 11.1. The first-order valence-corrected chi connectivity index (χ1v) is 15.7. The van der Waals surface area contributed by atoms with Crippen molar-refractivity contribution in [2.75, 3.05) is 6.61 Å². The number of aliphatic hydroxyl groups excluding tert-OH is 6. The lowest BCUT2D eigenvalue weighted by atomic mass is 9.99. The van der Waals surface area contributed by atoms with Gasteiger partial charge in [-0.3, -0.25) is 4.79 Å². The SMILES string of the molecule is CC(=O)NC(C)C(O)CCCCCCCCCCCCCCCCC(OC1OC(CO)C(O)C(O)C1O)C(C)O. The molecule has 40 heavy (non-hydrogen) atoms.